The van der Waals surface area contributed by atoms with Crippen LogP contribution in [0.3, 0.4) is 0 Å². The van der Waals surface area contributed by atoms with Crippen LogP contribution in [0, 0.1) is 5.92 Å². The largest absolute Gasteiger partial charge is 0.480 e. The maximum atomic E-state index is 10.8. The molecule has 80 valence electrons. The fourth-order valence-electron chi connectivity index (χ4n) is 2.49. The van der Waals surface area contributed by atoms with Gasteiger partial charge in [0.2, 0.25) is 0 Å². The van der Waals surface area contributed by atoms with Crippen molar-refractivity contribution >= 4 is 5.97 Å². The molecule has 2 fully saturated rings. The van der Waals surface area contributed by atoms with E-state index in [0.29, 0.717) is 6.61 Å². The molecule has 1 heterocycles. The van der Waals surface area contributed by atoms with Crippen molar-refractivity contribution in [1.82, 2.24) is 0 Å². The second kappa shape index (κ2) is 3.51. The number of carboxylic acids is 1. The first-order chi connectivity index (χ1) is 6.63. The van der Waals surface area contributed by atoms with Crippen LogP contribution < -0.4 is 5.73 Å². The zero-order chi connectivity index (χ0) is 10.2. The van der Waals surface area contributed by atoms with E-state index in [0.717, 1.165) is 25.7 Å². The Bertz CT molecular complexity index is 238. The summed E-state index contributed by atoms with van der Waals surface area (Å²) >= 11 is 0. The smallest absolute Gasteiger partial charge is 0.320 e. The van der Waals surface area contributed by atoms with Crippen LogP contribution in [-0.2, 0) is 9.53 Å². The van der Waals surface area contributed by atoms with E-state index in [4.69, 9.17) is 15.6 Å². The summed E-state index contributed by atoms with van der Waals surface area (Å²) in [5.41, 5.74) is 5.63. The highest BCUT2D eigenvalue weighted by molar-refractivity contribution is 5.73. The summed E-state index contributed by atoms with van der Waals surface area (Å²) in [5, 5.41) is 8.83. The quantitative estimate of drug-likeness (QED) is 0.688. The van der Waals surface area contributed by atoms with Gasteiger partial charge in [0.25, 0.3) is 0 Å². The van der Waals surface area contributed by atoms with Crippen molar-refractivity contribution in [2.45, 2.75) is 43.7 Å². The molecule has 2 aliphatic rings. The van der Waals surface area contributed by atoms with Crippen LogP contribution in [0.15, 0.2) is 0 Å². The summed E-state index contributed by atoms with van der Waals surface area (Å²) in [6.07, 6.45) is 4.98. The highest BCUT2D eigenvalue weighted by atomic mass is 16.5. The number of aliphatic carboxylic acids is 1. The number of carbonyl (C=O) groups is 1. The minimum Gasteiger partial charge on any atom is -0.480 e. The molecule has 1 spiro atoms. The molecule has 4 nitrogen and oxygen atoms in total. The molecule has 14 heavy (non-hydrogen) atoms. The molecule has 2 atom stereocenters. The van der Waals surface area contributed by atoms with Crippen LogP contribution >= 0.6 is 0 Å². The van der Waals surface area contributed by atoms with Gasteiger partial charge in [0.1, 0.15) is 6.04 Å². The predicted molar refractivity (Wildman–Crippen MR) is 50.9 cm³/mol. The molecule has 3 N–H and O–H groups in total. The first-order valence-corrected chi connectivity index (χ1v) is 5.25. The third kappa shape index (κ3) is 1.64. The van der Waals surface area contributed by atoms with Crippen LogP contribution in [0.25, 0.3) is 0 Å². The van der Waals surface area contributed by atoms with Gasteiger partial charge in [0.15, 0.2) is 0 Å². The Labute approximate surface area is 83.4 Å². The van der Waals surface area contributed by atoms with Gasteiger partial charge in [-0.3, -0.25) is 4.79 Å². The van der Waals surface area contributed by atoms with Crippen molar-refractivity contribution in [3.05, 3.63) is 0 Å². The third-order valence-electron chi connectivity index (χ3n) is 3.59. The van der Waals surface area contributed by atoms with Crippen LogP contribution in [0.2, 0.25) is 0 Å². The van der Waals surface area contributed by atoms with Gasteiger partial charge >= 0.3 is 5.97 Å². The lowest BCUT2D eigenvalue weighted by Crippen LogP contribution is -2.51. The molecule has 0 amide bonds. The van der Waals surface area contributed by atoms with Crippen LogP contribution in [0.5, 0.6) is 0 Å². The topological polar surface area (TPSA) is 72.6 Å². The average molecular weight is 199 g/mol. The maximum Gasteiger partial charge on any atom is 0.320 e. The van der Waals surface area contributed by atoms with Gasteiger partial charge in [-0.25, -0.2) is 0 Å². The summed E-state index contributed by atoms with van der Waals surface area (Å²) in [5.74, 6) is -0.784. The van der Waals surface area contributed by atoms with E-state index in [1.165, 1.54) is 6.42 Å². The minimum atomic E-state index is -0.883. The predicted octanol–water partition coefficient (Wildman–Crippen LogP) is 0.748. The molecule has 0 radical (unpaired) electrons. The molecular formula is C10H17NO3. The van der Waals surface area contributed by atoms with Crippen molar-refractivity contribution in [2.75, 3.05) is 6.61 Å². The number of hydrogen-bond acceptors (Lipinski definition) is 3. The first-order valence-electron chi connectivity index (χ1n) is 5.25. The number of carboxylic acid groups (broad SMARTS) is 1. The molecule has 0 aromatic carbocycles. The Kier molecular flexibility index (Phi) is 2.49. The molecule has 0 aromatic rings. The van der Waals surface area contributed by atoms with Gasteiger partial charge in [-0.2, -0.15) is 0 Å². The number of hydrogen-bond donors (Lipinski definition) is 2. The second-order valence-corrected chi connectivity index (χ2v) is 4.50. The Hall–Kier alpha value is -0.610. The van der Waals surface area contributed by atoms with E-state index < -0.39 is 12.0 Å². The highest BCUT2D eigenvalue weighted by Crippen LogP contribution is 2.44. The van der Waals surface area contributed by atoms with E-state index in [1.54, 1.807) is 0 Å². The number of rotatable bonds is 2. The fourth-order valence-corrected chi connectivity index (χ4v) is 2.49. The van der Waals surface area contributed by atoms with Crippen molar-refractivity contribution in [1.29, 1.82) is 0 Å². The zero-order valence-corrected chi connectivity index (χ0v) is 8.24. The highest BCUT2D eigenvalue weighted by Gasteiger charge is 2.44. The summed E-state index contributed by atoms with van der Waals surface area (Å²) in [7, 11) is 0. The summed E-state index contributed by atoms with van der Waals surface area (Å²) < 4.78 is 5.71. The van der Waals surface area contributed by atoms with Gasteiger partial charge in [-0.05, 0) is 38.0 Å². The summed E-state index contributed by atoms with van der Waals surface area (Å²) in [6, 6.07) is -0.712. The van der Waals surface area contributed by atoms with Crippen LogP contribution in [0.4, 0.5) is 0 Å². The summed E-state index contributed by atoms with van der Waals surface area (Å²) in [4.78, 5) is 10.8. The molecule has 2 rings (SSSR count). The lowest BCUT2D eigenvalue weighted by atomic mass is 9.70. The Morgan fingerprint density at radius 2 is 2.29 bits per heavy atom. The van der Waals surface area contributed by atoms with E-state index in [-0.39, 0.29) is 11.5 Å². The first kappa shape index (κ1) is 9.93. The SMILES string of the molecule is N[C@H](C(=O)O)C1CCOC2(CCC2)C1. The van der Waals surface area contributed by atoms with Crippen LogP contribution in [-0.4, -0.2) is 29.3 Å². The Morgan fingerprint density at radius 3 is 2.79 bits per heavy atom. The van der Waals surface area contributed by atoms with E-state index in [1.807, 2.05) is 0 Å². The van der Waals surface area contributed by atoms with Crippen molar-refractivity contribution in [3.63, 3.8) is 0 Å². The standard InChI is InChI=1S/C10H17NO3/c11-8(9(12)13)7-2-5-14-10(6-7)3-1-4-10/h7-8H,1-6,11H2,(H,12,13)/t7?,8-/m0/s1. The normalized spacial score (nSPS) is 32.2. The van der Waals surface area contributed by atoms with Crippen molar-refractivity contribution in [2.24, 2.45) is 11.7 Å². The number of nitrogens with two attached hydrogens (primary N) is 1. The molecule has 0 bridgehead atoms. The van der Waals surface area contributed by atoms with Gasteiger partial charge in [-0.1, -0.05) is 0 Å². The monoisotopic (exact) mass is 199 g/mol. The summed E-state index contributed by atoms with van der Waals surface area (Å²) in [6.45, 7) is 0.672. The fraction of sp³-hybridized carbons (Fsp3) is 0.900. The molecule has 1 aliphatic carbocycles. The zero-order valence-electron chi connectivity index (χ0n) is 8.24. The molecule has 4 heteroatoms. The third-order valence-corrected chi connectivity index (χ3v) is 3.59. The Morgan fingerprint density at radius 1 is 1.57 bits per heavy atom. The maximum absolute atomic E-state index is 10.8. The molecule has 1 aliphatic heterocycles. The van der Waals surface area contributed by atoms with Gasteiger partial charge in [-0.15, -0.1) is 0 Å². The van der Waals surface area contributed by atoms with E-state index in [2.05, 4.69) is 0 Å². The average Bonchev–Trinajstić information content (AvgIpc) is 2.14. The van der Waals surface area contributed by atoms with Gasteiger partial charge in [0, 0.05) is 6.61 Å². The Balaban J connectivity index is 1.96. The molecular weight excluding hydrogens is 182 g/mol. The molecule has 0 aromatic heterocycles. The molecule has 1 saturated carbocycles. The van der Waals surface area contributed by atoms with Crippen molar-refractivity contribution in [3.8, 4) is 0 Å². The minimum absolute atomic E-state index is 0.00398. The van der Waals surface area contributed by atoms with Crippen molar-refractivity contribution < 1.29 is 14.6 Å². The molecule has 1 unspecified atom stereocenters. The van der Waals surface area contributed by atoms with E-state index in [9.17, 15) is 4.79 Å². The number of ether oxygens (including phenoxy) is 1. The second-order valence-electron chi connectivity index (χ2n) is 4.50. The van der Waals surface area contributed by atoms with Crippen LogP contribution in [0.1, 0.15) is 32.1 Å². The van der Waals surface area contributed by atoms with E-state index >= 15 is 0 Å². The molecule has 1 saturated heterocycles. The van der Waals surface area contributed by atoms with Gasteiger partial charge < -0.3 is 15.6 Å². The lowest BCUT2D eigenvalue weighted by Gasteiger charge is -2.47. The van der Waals surface area contributed by atoms with Gasteiger partial charge in [0.05, 0.1) is 5.60 Å². The lowest BCUT2D eigenvalue weighted by molar-refractivity contribution is -0.156.